The molecule has 2 heteroatoms. The summed E-state index contributed by atoms with van der Waals surface area (Å²) in [6.45, 7) is 10.5. The third-order valence-corrected chi connectivity index (χ3v) is 3.74. The monoisotopic (exact) mass is 291 g/mol. The van der Waals surface area contributed by atoms with Crippen LogP contribution in [0.1, 0.15) is 70.4 Å². The molecule has 0 fully saturated rings. The van der Waals surface area contributed by atoms with Gasteiger partial charge in [0, 0.05) is 18.2 Å². The molecule has 1 aromatic carbocycles. The standard InChI is InChI=1S/C19H33NO/c1-5-6-7-8-9-10-14-21-19-17(4)12-11-13-18(19)15-20-16(2)3/h11-13,16,20H,5-10,14-15H2,1-4H3. The number of ether oxygens (including phenoxy) is 1. The Morgan fingerprint density at radius 1 is 1.05 bits per heavy atom. The van der Waals surface area contributed by atoms with Crippen molar-refractivity contribution in [1.82, 2.24) is 5.32 Å². The molecule has 1 rings (SSSR count). The molecule has 0 unspecified atom stereocenters. The van der Waals surface area contributed by atoms with Crippen LogP contribution in [0.4, 0.5) is 0 Å². The van der Waals surface area contributed by atoms with Crippen LogP contribution in [0.25, 0.3) is 0 Å². The molecule has 0 atom stereocenters. The zero-order valence-electron chi connectivity index (χ0n) is 14.4. The Balaban J connectivity index is 2.38. The molecular formula is C19H33NO. The Hall–Kier alpha value is -1.02. The highest BCUT2D eigenvalue weighted by molar-refractivity contribution is 5.40. The molecule has 2 nitrogen and oxygen atoms in total. The number of hydrogen-bond donors (Lipinski definition) is 1. The minimum Gasteiger partial charge on any atom is -0.493 e. The van der Waals surface area contributed by atoms with E-state index >= 15 is 0 Å². The molecule has 0 aliphatic rings. The number of hydrogen-bond acceptors (Lipinski definition) is 2. The van der Waals surface area contributed by atoms with Crippen molar-refractivity contribution >= 4 is 0 Å². The van der Waals surface area contributed by atoms with E-state index in [1.165, 1.54) is 43.2 Å². The summed E-state index contributed by atoms with van der Waals surface area (Å²) in [6, 6.07) is 6.91. The summed E-state index contributed by atoms with van der Waals surface area (Å²) < 4.78 is 6.07. The van der Waals surface area contributed by atoms with Crippen LogP contribution in [0.3, 0.4) is 0 Å². The second kappa shape index (κ2) is 10.7. The summed E-state index contributed by atoms with van der Waals surface area (Å²) in [7, 11) is 0. The Labute approximate surface area is 131 Å². The lowest BCUT2D eigenvalue weighted by Gasteiger charge is -2.16. The summed E-state index contributed by atoms with van der Waals surface area (Å²) >= 11 is 0. The van der Waals surface area contributed by atoms with E-state index in [-0.39, 0.29) is 0 Å². The van der Waals surface area contributed by atoms with E-state index in [9.17, 15) is 0 Å². The van der Waals surface area contributed by atoms with Gasteiger partial charge in [0.05, 0.1) is 6.61 Å². The molecule has 120 valence electrons. The molecule has 21 heavy (non-hydrogen) atoms. The number of para-hydroxylation sites is 1. The van der Waals surface area contributed by atoms with Crippen LogP contribution in [0, 0.1) is 6.92 Å². The van der Waals surface area contributed by atoms with E-state index < -0.39 is 0 Å². The van der Waals surface area contributed by atoms with Crippen molar-refractivity contribution in [3.63, 3.8) is 0 Å². The maximum absolute atomic E-state index is 6.07. The highest BCUT2D eigenvalue weighted by atomic mass is 16.5. The van der Waals surface area contributed by atoms with E-state index in [1.807, 2.05) is 0 Å². The van der Waals surface area contributed by atoms with Crippen LogP contribution in [0.5, 0.6) is 5.75 Å². The fourth-order valence-electron chi connectivity index (χ4n) is 2.43. The molecule has 0 heterocycles. The second-order valence-corrected chi connectivity index (χ2v) is 6.21. The van der Waals surface area contributed by atoms with Gasteiger partial charge in [-0.25, -0.2) is 0 Å². The van der Waals surface area contributed by atoms with Gasteiger partial charge in [0.25, 0.3) is 0 Å². The van der Waals surface area contributed by atoms with Crippen molar-refractivity contribution in [3.05, 3.63) is 29.3 Å². The maximum Gasteiger partial charge on any atom is 0.126 e. The minimum absolute atomic E-state index is 0.497. The first-order chi connectivity index (χ1) is 10.1. The van der Waals surface area contributed by atoms with Gasteiger partial charge in [-0.3, -0.25) is 0 Å². The van der Waals surface area contributed by atoms with Crippen molar-refractivity contribution in [3.8, 4) is 5.75 Å². The van der Waals surface area contributed by atoms with Gasteiger partial charge < -0.3 is 10.1 Å². The predicted molar refractivity (Wildman–Crippen MR) is 92.0 cm³/mol. The summed E-state index contributed by atoms with van der Waals surface area (Å²) in [6.07, 6.45) is 7.83. The smallest absolute Gasteiger partial charge is 0.126 e. The molecule has 0 bridgehead atoms. The average molecular weight is 291 g/mol. The Morgan fingerprint density at radius 3 is 2.48 bits per heavy atom. The van der Waals surface area contributed by atoms with Crippen LogP contribution in [-0.2, 0) is 6.54 Å². The molecule has 0 radical (unpaired) electrons. The van der Waals surface area contributed by atoms with E-state index in [1.54, 1.807) is 0 Å². The lowest BCUT2D eigenvalue weighted by Crippen LogP contribution is -2.22. The molecule has 0 aliphatic heterocycles. The summed E-state index contributed by atoms with van der Waals surface area (Å²) in [4.78, 5) is 0. The number of nitrogens with one attached hydrogen (secondary N) is 1. The summed E-state index contributed by atoms with van der Waals surface area (Å²) in [5, 5.41) is 3.47. The Morgan fingerprint density at radius 2 is 1.76 bits per heavy atom. The first kappa shape index (κ1) is 18.0. The molecule has 0 saturated heterocycles. The lowest BCUT2D eigenvalue weighted by atomic mass is 10.1. The van der Waals surface area contributed by atoms with Crippen LogP contribution in [0.2, 0.25) is 0 Å². The first-order valence-corrected chi connectivity index (χ1v) is 8.59. The third-order valence-electron chi connectivity index (χ3n) is 3.74. The van der Waals surface area contributed by atoms with Crippen molar-refractivity contribution in [2.24, 2.45) is 0 Å². The van der Waals surface area contributed by atoms with E-state index in [0.29, 0.717) is 6.04 Å². The predicted octanol–water partition coefficient (Wildman–Crippen LogP) is 5.23. The molecule has 0 spiro atoms. The Bertz CT molecular complexity index is 387. The van der Waals surface area contributed by atoms with E-state index in [4.69, 9.17) is 4.74 Å². The number of unbranched alkanes of at least 4 members (excludes halogenated alkanes) is 5. The zero-order chi connectivity index (χ0) is 15.5. The van der Waals surface area contributed by atoms with Crippen LogP contribution in [0.15, 0.2) is 18.2 Å². The number of rotatable bonds is 11. The van der Waals surface area contributed by atoms with Gasteiger partial charge in [0.15, 0.2) is 0 Å². The van der Waals surface area contributed by atoms with Gasteiger partial charge in [0.1, 0.15) is 5.75 Å². The van der Waals surface area contributed by atoms with Crippen LogP contribution >= 0.6 is 0 Å². The molecule has 0 aliphatic carbocycles. The molecular weight excluding hydrogens is 258 g/mol. The number of aryl methyl sites for hydroxylation is 1. The van der Waals surface area contributed by atoms with Gasteiger partial charge in [0.2, 0.25) is 0 Å². The summed E-state index contributed by atoms with van der Waals surface area (Å²) in [5.41, 5.74) is 2.51. The largest absolute Gasteiger partial charge is 0.493 e. The van der Waals surface area contributed by atoms with E-state index in [0.717, 1.165) is 25.3 Å². The first-order valence-electron chi connectivity index (χ1n) is 8.59. The molecule has 0 aromatic heterocycles. The lowest BCUT2D eigenvalue weighted by molar-refractivity contribution is 0.298. The molecule has 0 saturated carbocycles. The van der Waals surface area contributed by atoms with Gasteiger partial charge >= 0.3 is 0 Å². The molecule has 0 amide bonds. The topological polar surface area (TPSA) is 21.3 Å². The fourth-order valence-corrected chi connectivity index (χ4v) is 2.43. The fraction of sp³-hybridized carbons (Fsp3) is 0.684. The quantitative estimate of drug-likeness (QED) is 0.563. The average Bonchev–Trinajstić information content (AvgIpc) is 2.46. The minimum atomic E-state index is 0.497. The highest BCUT2D eigenvalue weighted by Crippen LogP contribution is 2.24. The van der Waals surface area contributed by atoms with Crippen molar-refractivity contribution in [1.29, 1.82) is 0 Å². The SMILES string of the molecule is CCCCCCCCOc1c(C)cccc1CNC(C)C. The number of benzene rings is 1. The van der Waals surface area contributed by atoms with Crippen molar-refractivity contribution in [2.45, 2.75) is 78.8 Å². The maximum atomic E-state index is 6.07. The Kier molecular flexibility index (Phi) is 9.16. The highest BCUT2D eigenvalue weighted by Gasteiger charge is 2.07. The normalized spacial score (nSPS) is 11.1. The molecule has 1 aromatic rings. The van der Waals surface area contributed by atoms with Gasteiger partial charge in [-0.1, -0.05) is 71.1 Å². The van der Waals surface area contributed by atoms with E-state index in [2.05, 4.69) is 51.2 Å². The van der Waals surface area contributed by atoms with Crippen LogP contribution < -0.4 is 10.1 Å². The van der Waals surface area contributed by atoms with Gasteiger partial charge in [-0.2, -0.15) is 0 Å². The zero-order valence-corrected chi connectivity index (χ0v) is 14.4. The van der Waals surface area contributed by atoms with Crippen LogP contribution in [-0.4, -0.2) is 12.6 Å². The van der Waals surface area contributed by atoms with Crippen molar-refractivity contribution < 1.29 is 4.74 Å². The van der Waals surface area contributed by atoms with Gasteiger partial charge in [-0.05, 0) is 18.9 Å². The van der Waals surface area contributed by atoms with Crippen molar-refractivity contribution in [2.75, 3.05) is 6.61 Å². The second-order valence-electron chi connectivity index (χ2n) is 6.21. The van der Waals surface area contributed by atoms with Gasteiger partial charge in [-0.15, -0.1) is 0 Å². The molecule has 1 N–H and O–H groups in total. The summed E-state index contributed by atoms with van der Waals surface area (Å²) in [5.74, 6) is 1.08. The third kappa shape index (κ3) is 7.52.